The van der Waals surface area contributed by atoms with E-state index in [1.54, 1.807) is 28.4 Å². The molecular weight excluding hydrogens is 525 g/mol. The summed E-state index contributed by atoms with van der Waals surface area (Å²) in [6, 6.07) is 15.2. The van der Waals surface area contributed by atoms with E-state index in [0.717, 1.165) is 54.0 Å². The van der Waals surface area contributed by atoms with Crippen molar-refractivity contribution in [1.29, 1.82) is 0 Å². The van der Waals surface area contributed by atoms with Crippen LogP contribution in [0.1, 0.15) is 11.6 Å². The van der Waals surface area contributed by atoms with E-state index in [0.29, 0.717) is 10.7 Å². The first-order chi connectivity index (χ1) is 18.1. The van der Waals surface area contributed by atoms with E-state index in [1.807, 2.05) is 36.7 Å². The van der Waals surface area contributed by atoms with Crippen molar-refractivity contribution in [2.45, 2.75) is 6.04 Å². The molecule has 2 N–H and O–H groups in total. The zero-order valence-corrected chi connectivity index (χ0v) is 21.9. The van der Waals surface area contributed by atoms with Crippen molar-refractivity contribution >= 4 is 51.5 Å². The van der Waals surface area contributed by atoms with Crippen molar-refractivity contribution in [3.8, 4) is 11.1 Å². The zero-order valence-electron chi connectivity index (χ0n) is 20.3. The maximum atomic E-state index is 14.1. The molecular formula is C27H25ClFN7OS. The van der Waals surface area contributed by atoms with Gasteiger partial charge in [-0.1, -0.05) is 24.3 Å². The molecule has 1 fully saturated rings. The Balaban J connectivity index is 0.00000294. The molecule has 2 aromatic carbocycles. The molecule has 1 amide bonds. The van der Waals surface area contributed by atoms with E-state index in [1.165, 1.54) is 23.5 Å². The highest BCUT2D eigenvalue weighted by molar-refractivity contribution is 7.13. The molecule has 1 saturated heterocycles. The zero-order chi connectivity index (χ0) is 25.2. The van der Waals surface area contributed by atoms with Crippen molar-refractivity contribution in [3.05, 3.63) is 89.9 Å². The monoisotopic (exact) mass is 549 g/mol. The summed E-state index contributed by atoms with van der Waals surface area (Å²) in [6.07, 6.45) is 5.31. The Labute approximate surface area is 228 Å². The number of nitrogens with zero attached hydrogens (tertiary/aromatic N) is 5. The van der Waals surface area contributed by atoms with Crippen molar-refractivity contribution in [1.82, 2.24) is 25.1 Å². The summed E-state index contributed by atoms with van der Waals surface area (Å²) in [5.74, 6) is 0.210. The van der Waals surface area contributed by atoms with Crippen LogP contribution < -0.4 is 15.5 Å². The molecule has 1 aliphatic heterocycles. The second-order valence-electron chi connectivity index (χ2n) is 8.81. The van der Waals surface area contributed by atoms with Crippen LogP contribution in [0.3, 0.4) is 0 Å². The number of benzene rings is 2. The SMILES string of the molecule is Cl.O=C(Nc1nccs1)C(c1cccc(F)c1)n1cc2ccc(-c3ccc(N4CCNCC4)nc3)cc2n1. The van der Waals surface area contributed by atoms with Gasteiger partial charge in [0.05, 0.1) is 5.52 Å². The summed E-state index contributed by atoms with van der Waals surface area (Å²) >= 11 is 1.32. The van der Waals surface area contributed by atoms with E-state index in [9.17, 15) is 9.18 Å². The number of halogens is 2. The van der Waals surface area contributed by atoms with Gasteiger partial charge in [-0.05, 0) is 41.5 Å². The molecule has 6 rings (SSSR count). The van der Waals surface area contributed by atoms with Gasteiger partial charge in [0, 0.05) is 61.1 Å². The summed E-state index contributed by atoms with van der Waals surface area (Å²) in [6.45, 7) is 3.80. The molecule has 194 valence electrons. The second-order valence-corrected chi connectivity index (χ2v) is 9.70. The van der Waals surface area contributed by atoms with Crippen LogP contribution in [-0.4, -0.2) is 51.8 Å². The topological polar surface area (TPSA) is 88.0 Å². The predicted octanol–water partition coefficient (Wildman–Crippen LogP) is 4.75. The van der Waals surface area contributed by atoms with Gasteiger partial charge < -0.3 is 10.2 Å². The first-order valence-electron chi connectivity index (χ1n) is 12.0. The average molecular weight is 550 g/mol. The van der Waals surface area contributed by atoms with Gasteiger partial charge in [-0.25, -0.2) is 14.4 Å². The van der Waals surface area contributed by atoms with Crippen LogP contribution in [0.4, 0.5) is 15.3 Å². The largest absolute Gasteiger partial charge is 0.354 e. The standard InChI is InChI=1S/C27H24FN7OS.ClH/c28-22-3-1-2-19(14-22)25(26(36)32-27-30-10-13-37-27)35-17-21-5-4-18(15-23(21)33-35)20-6-7-24(31-16-20)34-11-8-29-9-12-34;/h1-7,10,13-17,25,29H,8-9,11-12H2,(H,30,32,36);1H. The summed E-state index contributed by atoms with van der Waals surface area (Å²) < 4.78 is 15.7. The molecule has 4 heterocycles. The normalized spacial score (nSPS) is 14.2. The number of carbonyl (C=O) groups is 1. The maximum Gasteiger partial charge on any atom is 0.255 e. The Morgan fingerprint density at radius 1 is 1.05 bits per heavy atom. The highest BCUT2D eigenvalue weighted by Crippen LogP contribution is 2.28. The molecule has 5 aromatic rings. The number of anilines is 2. The van der Waals surface area contributed by atoms with Crippen molar-refractivity contribution in [3.63, 3.8) is 0 Å². The predicted molar refractivity (Wildman–Crippen MR) is 151 cm³/mol. The first-order valence-corrected chi connectivity index (χ1v) is 12.9. The van der Waals surface area contributed by atoms with Crippen molar-refractivity contribution < 1.29 is 9.18 Å². The lowest BCUT2D eigenvalue weighted by atomic mass is 10.1. The third-order valence-corrected chi connectivity index (χ3v) is 7.08. The lowest BCUT2D eigenvalue weighted by molar-refractivity contribution is -0.118. The van der Waals surface area contributed by atoms with Gasteiger partial charge in [0.15, 0.2) is 11.2 Å². The molecule has 3 aromatic heterocycles. The number of carbonyl (C=O) groups excluding carboxylic acids is 1. The molecule has 0 spiro atoms. The van der Waals surface area contributed by atoms with Gasteiger partial charge in [-0.3, -0.25) is 14.8 Å². The maximum absolute atomic E-state index is 14.1. The van der Waals surface area contributed by atoms with Crippen molar-refractivity contribution in [2.75, 3.05) is 36.4 Å². The van der Waals surface area contributed by atoms with Gasteiger partial charge in [0.2, 0.25) is 0 Å². The molecule has 1 aliphatic rings. The number of aromatic nitrogens is 4. The number of rotatable bonds is 6. The van der Waals surface area contributed by atoms with E-state index < -0.39 is 11.9 Å². The molecule has 11 heteroatoms. The molecule has 0 saturated carbocycles. The second kappa shape index (κ2) is 11.3. The molecule has 8 nitrogen and oxygen atoms in total. The van der Waals surface area contributed by atoms with Crippen LogP contribution in [0.15, 0.2) is 78.6 Å². The third kappa shape index (κ3) is 5.38. The fraction of sp³-hybridized carbons (Fsp3) is 0.185. The Hall–Kier alpha value is -3.86. The Morgan fingerprint density at radius 3 is 2.63 bits per heavy atom. The Kier molecular flexibility index (Phi) is 7.64. The average Bonchev–Trinajstić information content (AvgIpc) is 3.59. The lowest BCUT2D eigenvalue weighted by Gasteiger charge is -2.28. The minimum Gasteiger partial charge on any atom is -0.354 e. The highest BCUT2D eigenvalue weighted by atomic mass is 35.5. The number of hydrogen-bond acceptors (Lipinski definition) is 7. The highest BCUT2D eigenvalue weighted by Gasteiger charge is 2.25. The molecule has 0 bridgehead atoms. The quantitative estimate of drug-likeness (QED) is 0.318. The van der Waals surface area contributed by atoms with E-state index >= 15 is 0 Å². The molecule has 38 heavy (non-hydrogen) atoms. The number of amides is 1. The molecule has 1 unspecified atom stereocenters. The Morgan fingerprint density at radius 2 is 1.89 bits per heavy atom. The van der Waals surface area contributed by atoms with Crippen LogP contribution in [-0.2, 0) is 4.79 Å². The number of hydrogen-bond donors (Lipinski definition) is 2. The fourth-order valence-electron chi connectivity index (χ4n) is 4.54. The minimum absolute atomic E-state index is 0. The van der Waals surface area contributed by atoms with Gasteiger partial charge in [-0.15, -0.1) is 23.7 Å². The number of thiazole rings is 1. The number of fused-ring (bicyclic) bond motifs is 1. The van der Waals surface area contributed by atoms with Gasteiger partial charge in [-0.2, -0.15) is 5.10 Å². The van der Waals surface area contributed by atoms with Gasteiger partial charge >= 0.3 is 0 Å². The summed E-state index contributed by atoms with van der Waals surface area (Å²) in [4.78, 5) is 24.4. The van der Waals surface area contributed by atoms with E-state index in [4.69, 9.17) is 5.10 Å². The van der Waals surface area contributed by atoms with Gasteiger partial charge in [0.1, 0.15) is 11.6 Å². The van der Waals surface area contributed by atoms with E-state index in [-0.39, 0.29) is 18.3 Å². The van der Waals surface area contributed by atoms with Crippen LogP contribution in [0.25, 0.3) is 22.0 Å². The molecule has 1 atom stereocenters. The number of piperazine rings is 1. The van der Waals surface area contributed by atoms with Crippen LogP contribution >= 0.6 is 23.7 Å². The number of nitrogens with one attached hydrogen (secondary N) is 2. The summed E-state index contributed by atoms with van der Waals surface area (Å²) in [5, 5.41) is 14.0. The third-order valence-electron chi connectivity index (χ3n) is 6.39. The van der Waals surface area contributed by atoms with Crippen LogP contribution in [0.5, 0.6) is 0 Å². The molecule has 0 aliphatic carbocycles. The summed E-state index contributed by atoms with van der Waals surface area (Å²) in [7, 11) is 0. The number of pyridine rings is 1. The van der Waals surface area contributed by atoms with Crippen molar-refractivity contribution in [2.24, 2.45) is 0 Å². The Bertz CT molecular complexity index is 1540. The smallest absolute Gasteiger partial charge is 0.255 e. The lowest BCUT2D eigenvalue weighted by Crippen LogP contribution is -2.43. The first kappa shape index (κ1) is 25.8. The van der Waals surface area contributed by atoms with Crippen LogP contribution in [0.2, 0.25) is 0 Å². The van der Waals surface area contributed by atoms with Gasteiger partial charge in [0.25, 0.3) is 5.91 Å². The fourth-order valence-corrected chi connectivity index (χ4v) is 5.08. The summed E-state index contributed by atoms with van der Waals surface area (Å²) in [5.41, 5.74) is 3.19. The molecule has 0 radical (unpaired) electrons. The minimum atomic E-state index is -0.865. The van der Waals surface area contributed by atoms with Crippen LogP contribution in [0, 0.1) is 5.82 Å². The van der Waals surface area contributed by atoms with E-state index in [2.05, 4.69) is 31.6 Å².